The van der Waals surface area contributed by atoms with Crippen LogP contribution in [0.3, 0.4) is 0 Å². The van der Waals surface area contributed by atoms with Gasteiger partial charge in [0.25, 0.3) is 0 Å². The first-order chi connectivity index (χ1) is 11.8. The fourth-order valence-corrected chi connectivity index (χ4v) is 2.76. The first-order valence-electron chi connectivity index (χ1n) is 8.13. The number of carbonyl (C=O) groups excluding carboxylic acids is 1. The molecule has 0 aliphatic carbocycles. The summed E-state index contributed by atoms with van der Waals surface area (Å²) >= 11 is 0. The van der Waals surface area contributed by atoms with Crippen LogP contribution in [-0.4, -0.2) is 39.2 Å². The van der Waals surface area contributed by atoms with Crippen molar-refractivity contribution in [2.24, 2.45) is 0 Å². The predicted molar refractivity (Wildman–Crippen MR) is 94.3 cm³/mol. The van der Waals surface area contributed by atoms with E-state index in [-0.39, 0.29) is 35.6 Å². The molecule has 0 radical (unpaired) electrons. The summed E-state index contributed by atoms with van der Waals surface area (Å²) in [5, 5.41) is 38.1. The standard InChI is InChI=1S/C19H23NO5/c1-11-8-14(21)7-5-3-4-6-13(20)9-15-12(2)16(22)10-17(23)18(15)19(24)25-11/h3-6,10-11,14,20-23H,7-9H2,1-2H3/b5-3-,6-4+,20-13?/t11-,14+/m1/s1. The minimum absolute atomic E-state index is 0.0533. The third-order valence-electron chi connectivity index (χ3n) is 4.10. The summed E-state index contributed by atoms with van der Waals surface area (Å²) in [7, 11) is 0. The normalized spacial score (nSPS) is 24.8. The van der Waals surface area contributed by atoms with Crippen molar-refractivity contribution in [3.8, 4) is 11.5 Å². The molecule has 134 valence electrons. The predicted octanol–water partition coefficient (Wildman–Crippen LogP) is 2.78. The minimum atomic E-state index is -0.736. The van der Waals surface area contributed by atoms with E-state index in [9.17, 15) is 20.1 Å². The largest absolute Gasteiger partial charge is 0.508 e. The Hall–Kier alpha value is -2.60. The van der Waals surface area contributed by atoms with Gasteiger partial charge in [-0.2, -0.15) is 0 Å². The van der Waals surface area contributed by atoms with E-state index in [4.69, 9.17) is 10.1 Å². The van der Waals surface area contributed by atoms with Crippen LogP contribution in [0.4, 0.5) is 0 Å². The molecule has 2 atom stereocenters. The molecule has 1 aliphatic rings. The number of benzene rings is 1. The Morgan fingerprint density at radius 3 is 2.68 bits per heavy atom. The number of nitrogens with one attached hydrogen (secondary N) is 1. The highest BCUT2D eigenvalue weighted by atomic mass is 16.5. The van der Waals surface area contributed by atoms with Crippen LogP contribution >= 0.6 is 0 Å². The molecule has 0 bridgehead atoms. The quantitative estimate of drug-likeness (QED) is 0.540. The monoisotopic (exact) mass is 345 g/mol. The average molecular weight is 345 g/mol. The molecule has 2 rings (SSSR count). The van der Waals surface area contributed by atoms with Crippen molar-refractivity contribution in [1.29, 1.82) is 5.41 Å². The van der Waals surface area contributed by atoms with E-state index in [1.165, 1.54) is 0 Å². The summed E-state index contributed by atoms with van der Waals surface area (Å²) in [6, 6.07) is 1.10. The number of cyclic esters (lactones) is 1. The van der Waals surface area contributed by atoms with Gasteiger partial charge in [0.2, 0.25) is 0 Å². The third-order valence-corrected chi connectivity index (χ3v) is 4.10. The van der Waals surface area contributed by atoms with E-state index < -0.39 is 18.2 Å². The fraction of sp³-hybridized carbons (Fsp3) is 0.368. The van der Waals surface area contributed by atoms with Crippen LogP contribution in [0.5, 0.6) is 11.5 Å². The van der Waals surface area contributed by atoms with Gasteiger partial charge in [0.1, 0.15) is 23.2 Å². The number of phenolic OH excluding ortho intramolecular Hbond substituents is 2. The minimum Gasteiger partial charge on any atom is -0.508 e. The molecule has 1 aliphatic heterocycles. The van der Waals surface area contributed by atoms with Gasteiger partial charge in [0.15, 0.2) is 0 Å². The average Bonchev–Trinajstić information content (AvgIpc) is 2.50. The highest BCUT2D eigenvalue weighted by Crippen LogP contribution is 2.33. The van der Waals surface area contributed by atoms with Crippen molar-refractivity contribution in [3.05, 3.63) is 47.1 Å². The number of carbonyl (C=O) groups is 1. The van der Waals surface area contributed by atoms with Gasteiger partial charge < -0.3 is 25.5 Å². The number of rotatable bonds is 0. The number of allylic oxidation sites excluding steroid dienone is 3. The summed E-state index contributed by atoms with van der Waals surface area (Å²) in [5.74, 6) is -1.27. The van der Waals surface area contributed by atoms with Gasteiger partial charge in [-0.3, -0.25) is 0 Å². The van der Waals surface area contributed by atoms with E-state index >= 15 is 0 Å². The summed E-state index contributed by atoms with van der Waals surface area (Å²) < 4.78 is 5.35. The molecule has 6 nitrogen and oxygen atoms in total. The van der Waals surface area contributed by atoms with Crippen molar-refractivity contribution >= 4 is 11.7 Å². The Bertz CT molecular complexity index is 736. The van der Waals surface area contributed by atoms with Crippen molar-refractivity contribution in [1.82, 2.24) is 0 Å². The highest BCUT2D eigenvalue weighted by Gasteiger charge is 2.25. The first-order valence-corrected chi connectivity index (χ1v) is 8.13. The number of aliphatic hydroxyl groups is 1. The zero-order valence-corrected chi connectivity index (χ0v) is 14.3. The van der Waals surface area contributed by atoms with Crippen molar-refractivity contribution in [3.63, 3.8) is 0 Å². The second-order valence-corrected chi connectivity index (χ2v) is 6.22. The van der Waals surface area contributed by atoms with Gasteiger partial charge in [-0.1, -0.05) is 18.2 Å². The second kappa shape index (κ2) is 7.98. The molecule has 0 saturated carbocycles. The molecule has 0 spiro atoms. The number of aliphatic hydroxyl groups excluding tert-OH is 1. The molecule has 0 aromatic heterocycles. The van der Waals surface area contributed by atoms with Gasteiger partial charge in [0.05, 0.1) is 6.10 Å². The maximum Gasteiger partial charge on any atom is 0.342 e. The van der Waals surface area contributed by atoms with E-state index in [1.54, 1.807) is 38.2 Å². The number of aromatic hydroxyl groups is 2. The number of esters is 1. The molecule has 6 heteroatoms. The van der Waals surface area contributed by atoms with Crippen LogP contribution in [0.25, 0.3) is 0 Å². The van der Waals surface area contributed by atoms with Crippen LogP contribution in [-0.2, 0) is 11.2 Å². The molecule has 0 fully saturated rings. The highest BCUT2D eigenvalue weighted by molar-refractivity contribution is 6.00. The Morgan fingerprint density at radius 1 is 1.24 bits per heavy atom. The van der Waals surface area contributed by atoms with Crippen molar-refractivity contribution in [2.45, 2.75) is 45.3 Å². The molecular formula is C19H23NO5. The Labute approximate surface area is 146 Å². The topological polar surface area (TPSA) is 111 Å². The Morgan fingerprint density at radius 2 is 1.96 bits per heavy atom. The zero-order valence-electron chi connectivity index (χ0n) is 14.3. The molecule has 1 heterocycles. The third kappa shape index (κ3) is 4.70. The van der Waals surface area contributed by atoms with Crippen molar-refractivity contribution < 1.29 is 24.9 Å². The van der Waals surface area contributed by atoms with Crippen LogP contribution < -0.4 is 0 Å². The molecule has 4 N–H and O–H groups in total. The first kappa shape index (κ1) is 18.7. The number of phenols is 2. The molecule has 0 unspecified atom stereocenters. The maximum atomic E-state index is 12.5. The molecule has 0 saturated heterocycles. The van der Waals surface area contributed by atoms with Gasteiger partial charge in [0, 0.05) is 24.6 Å². The Kier molecular flexibility index (Phi) is 5.98. The van der Waals surface area contributed by atoms with Crippen LogP contribution in [0, 0.1) is 12.3 Å². The van der Waals surface area contributed by atoms with Gasteiger partial charge >= 0.3 is 5.97 Å². The number of hydrogen-bond donors (Lipinski definition) is 4. The van der Waals surface area contributed by atoms with Gasteiger partial charge in [-0.25, -0.2) is 4.79 Å². The van der Waals surface area contributed by atoms with E-state index in [0.29, 0.717) is 17.5 Å². The van der Waals surface area contributed by atoms with Crippen LogP contribution in [0.2, 0.25) is 0 Å². The van der Waals surface area contributed by atoms with Gasteiger partial charge in [-0.05, 0) is 37.5 Å². The molecule has 1 aromatic rings. The zero-order chi connectivity index (χ0) is 18.6. The number of hydrogen-bond acceptors (Lipinski definition) is 6. The summed E-state index contributed by atoms with van der Waals surface area (Å²) in [6.07, 6.45) is 6.31. The van der Waals surface area contributed by atoms with E-state index in [1.807, 2.05) is 0 Å². The molecule has 1 aromatic carbocycles. The molecular weight excluding hydrogens is 322 g/mol. The fourth-order valence-electron chi connectivity index (χ4n) is 2.76. The summed E-state index contributed by atoms with van der Waals surface area (Å²) in [5.41, 5.74) is 0.920. The number of fused-ring (bicyclic) bond motifs is 1. The van der Waals surface area contributed by atoms with Crippen LogP contribution in [0.1, 0.15) is 41.3 Å². The Balaban J connectivity index is 2.50. The molecule has 25 heavy (non-hydrogen) atoms. The lowest BCUT2D eigenvalue weighted by molar-refractivity contribution is 0.0201. The lowest BCUT2D eigenvalue weighted by atomic mass is 9.94. The van der Waals surface area contributed by atoms with E-state index in [0.717, 1.165) is 6.07 Å². The van der Waals surface area contributed by atoms with Gasteiger partial charge in [-0.15, -0.1) is 0 Å². The van der Waals surface area contributed by atoms with Crippen molar-refractivity contribution in [2.75, 3.05) is 0 Å². The SMILES string of the molecule is Cc1c(O)cc(O)c2c1CC(=N)/C=C/C=C\C[C@H](O)C[C@@H](C)OC2=O. The van der Waals surface area contributed by atoms with Crippen LogP contribution in [0.15, 0.2) is 30.4 Å². The lowest BCUT2D eigenvalue weighted by Crippen LogP contribution is -2.22. The lowest BCUT2D eigenvalue weighted by Gasteiger charge is -2.19. The maximum absolute atomic E-state index is 12.5. The molecule has 0 amide bonds. The number of ether oxygens (including phenoxy) is 1. The summed E-state index contributed by atoms with van der Waals surface area (Å²) in [6.45, 7) is 3.29. The summed E-state index contributed by atoms with van der Waals surface area (Å²) in [4.78, 5) is 12.5. The van der Waals surface area contributed by atoms with E-state index in [2.05, 4.69) is 0 Å². The smallest absolute Gasteiger partial charge is 0.342 e. The second-order valence-electron chi connectivity index (χ2n) is 6.22.